The highest BCUT2D eigenvalue weighted by molar-refractivity contribution is 7.60. The van der Waals surface area contributed by atoms with E-state index in [4.69, 9.17) is 30.4 Å². The van der Waals surface area contributed by atoms with Crippen LogP contribution in [0.15, 0.2) is 42.5 Å². The molecule has 4 rings (SSSR count). The number of aryl methyl sites for hydroxylation is 1. The summed E-state index contributed by atoms with van der Waals surface area (Å²) < 4.78 is 17.8. The van der Waals surface area contributed by atoms with Crippen molar-refractivity contribution in [3.63, 3.8) is 0 Å². The number of pyridine rings is 1. The van der Waals surface area contributed by atoms with E-state index < -0.39 is 7.94 Å². The normalized spacial score (nSPS) is 20.1. The molecule has 8 heteroatoms. The highest BCUT2D eigenvalue weighted by atomic mass is 35.5. The molecule has 2 unspecified atom stereocenters. The SMILES string of the molecule is Cc1cc(OC[P]2(O)OCCC(c3cccc(Cl)c3)O2)c(C)c(C)c1Cc1ccc(O)c(C(C)C)n1. The van der Waals surface area contributed by atoms with Crippen molar-refractivity contribution >= 4 is 19.5 Å². The average molecular weight is 531 g/mol. The molecule has 2 N–H and O–H groups in total. The van der Waals surface area contributed by atoms with Crippen LogP contribution in [0.25, 0.3) is 0 Å². The molecule has 3 aromatic rings. The minimum Gasteiger partial charge on any atom is -0.506 e. The van der Waals surface area contributed by atoms with Gasteiger partial charge in [-0.2, -0.15) is 0 Å². The smallest absolute Gasteiger partial charge is 0.269 e. The van der Waals surface area contributed by atoms with Gasteiger partial charge in [0.1, 0.15) is 11.5 Å². The van der Waals surface area contributed by atoms with Crippen molar-refractivity contribution in [3.8, 4) is 11.5 Å². The van der Waals surface area contributed by atoms with Gasteiger partial charge in [-0.15, -0.1) is 0 Å². The van der Waals surface area contributed by atoms with Crippen LogP contribution in [0.1, 0.15) is 71.5 Å². The number of halogens is 1. The lowest BCUT2D eigenvalue weighted by atomic mass is 9.93. The van der Waals surface area contributed by atoms with Crippen LogP contribution in [0, 0.1) is 20.8 Å². The first-order valence-electron chi connectivity index (χ1n) is 12.2. The van der Waals surface area contributed by atoms with E-state index in [2.05, 4.69) is 6.92 Å². The second-order valence-corrected chi connectivity index (χ2v) is 12.1. The van der Waals surface area contributed by atoms with Gasteiger partial charge in [-0.1, -0.05) is 37.6 Å². The molecule has 36 heavy (non-hydrogen) atoms. The Morgan fingerprint density at radius 1 is 1.14 bits per heavy atom. The summed E-state index contributed by atoms with van der Waals surface area (Å²) in [5, 5.41) is 10.7. The zero-order valence-corrected chi connectivity index (χ0v) is 23.1. The van der Waals surface area contributed by atoms with Crippen molar-refractivity contribution in [1.82, 2.24) is 4.98 Å². The molecule has 2 heterocycles. The third-order valence-electron chi connectivity index (χ3n) is 6.64. The minimum absolute atomic E-state index is 0.0552. The molecule has 0 aliphatic carbocycles. The third kappa shape index (κ3) is 6.01. The topological polar surface area (TPSA) is 81.0 Å². The van der Waals surface area contributed by atoms with E-state index in [1.165, 1.54) is 5.56 Å². The summed E-state index contributed by atoms with van der Waals surface area (Å²) in [6.07, 6.45) is 0.946. The molecule has 1 aliphatic heterocycles. The fourth-order valence-corrected chi connectivity index (χ4v) is 6.19. The Labute approximate surface area is 218 Å². The van der Waals surface area contributed by atoms with E-state index in [9.17, 15) is 10.00 Å². The van der Waals surface area contributed by atoms with Crippen LogP contribution in [0.3, 0.4) is 0 Å². The van der Waals surface area contributed by atoms with E-state index in [0.717, 1.165) is 27.9 Å². The predicted molar refractivity (Wildman–Crippen MR) is 144 cm³/mol. The van der Waals surface area contributed by atoms with Crippen LogP contribution in [0.2, 0.25) is 5.02 Å². The Balaban J connectivity index is 1.49. The highest BCUT2D eigenvalue weighted by Gasteiger charge is 2.37. The van der Waals surface area contributed by atoms with E-state index in [1.54, 1.807) is 6.07 Å². The summed E-state index contributed by atoms with van der Waals surface area (Å²) >= 11 is 6.14. The van der Waals surface area contributed by atoms with E-state index in [1.807, 2.05) is 64.1 Å². The number of benzene rings is 2. The molecule has 193 valence electrons. The van der Waals surface area contributed by atoms with Crippen molar-refractivity contribution in [2.24, 2.45) is 0 Å². The fourth-order valence-electron chi connectivity index (χ4n) is 4.47. The Morgan fingerprint density at radius 3 is 2.64 bits per heavy atom. The second kappa shape index (κ2) is 11.0. The Morgan fingerprint density at radius 2 is 1.92 bits per heavy atom. The maximum atomic E-state index is 11.1. The van der Waals surface area contributed by atoms with Crippen molar-refractivity contribution in [3.05, 3.63) is 86.7 Å². The number of rotatable bonds is 7. The Hall–Kier alpha value is -2.21. The molecule has 1 saturated heterocycles. The van der Waals surface area contributed by atoms with Gasteiger partial charge in [-0.25, -0.2) is 0 Å². The first-order valence-corrected chi connectivity index (χ1v) is 14.3. The summed E-state index contributed by atoms with van der Waals surface area (Å²) in [5.74, 6) is 1.07. The number of hydrogen-bond donors (Lipinski definition) is 2. The van der Waals surface area contributed by atoms with Crippen LogP contribution >= 0.6 is 19.5 Å². The molecule has 2 aromatic carbocycles. The van der Waals surface area contributed by atoms with Crippen LogP contribution < -0.4 is 4.74 Å². The first-order chi connectivity index (χ1) is 17.1. The van der Waals surface area contributed by atoms with Gasteiger partial charge in [0, 0.05) is 23.6 Å². The van der Waals surface area contributed by atoms with Crippen molar-refractivity contribution in [2.75, 3.05) is 13.0 Å². The number of hydrogen-bond acceptors (Lipinski definition) is 6. The van der Waals surface area contributed by atoms with Gasteiger partial charge in [-0.05, 0) is 84.8 Å². The zero-order chi connectivity index (χ0) is 26.0. The largest absolute Gasteiger partial charge is 0.506 e. The first kappa shape index (κ1) is 26.8. The maximum absolute atomic E-state index is 11.1. The van der Waals surface area contributed by atoms with Crippen molar-refractivity contribution < 1.29 is 23.8 Å². The molecule has 1 radical (unpaired) electrons. The standard InChI is InChI=1S/C28H34ClNO5P/c1-17(2)28-25(31)10-9-23(30-28)15-24-18(3)13-27(20(5)19(24)4)33-16-36(32)34-12-11-26(35-36)21-7-6-8-22(29)14-21/h6-10,13-14,17,26,31-32H,11-12,15-16H2,1-5H3. The van der Waals surface area contributed by atoms with E-state index >= 15 is 0 Å². The lowest BCUT2D eigenvalue weighted by Gasteiger charge is -2.37. The van der Waals surface area contributed by atoms with Crippen LogP contribution in [-0.4, -0.2) is 27.9 Å². The Kier molecular flexibility index (Phi) is 8.23. The highest BCUT2D eigenvalue weighted by Crippen LogP contribution is 2.63. The molecule has 2 atom stereocenters. The van der Waals surface area contributed by atoms with Gasteiger partial charge in [0.2, 0.25) is 0 Å². The molecule has 6 nitrogen and oxygen atoms in total. The third-order valence-corrected chi connectivity index (χ3v) is 8.50. The molecular weight excluding hydrogens is 497 g/mol. The quantitative estimate of drug-likeness (QED) is 0.311. The second-order valence-electron chi connectivity index (χ2n) is 9.64. The fraction of sp³-hybridized carbons (Fsp3) is 0.393. The molecule has 1 aliphatic rings. The van der Waals surface area contributed by atoms with E-state index in [-0.39, 0.29) is 24.1 Å². The minimum atomic E-state index is -3.20. The van der Waals surface area contributed by atoms with Crippen LogP contribution in [-0.2, 0) is 15.5 Å². The molecular formula is C28H34ClNO5P. The monoisotopic (exact) mass is 530 g/mol. The molecule has 1 fully saturated rings. The predicted octanol–water partition coefficient (Wildman–Crippen LogP) is 7.35. The van der Waals surface area contributed by atoms with Gasteiger partial charge >= 0.3 is 0 Å². The summed E-state index contributed by atoms with van der Waals surface area (Å²) in [4.78, 5) is 15.8. The lowest BCUT2D eigenvalue weighted by molar-refractivity contribution is 0.0518. The number of ether oxygens (including phenoxy) is 1. The van der Waals surface area contributed by atoms with Crippen molar-refractivity contribution in [2.45, 2.75) is 59.5 Å². The summed E-state index contributed by atoms with van der Waals surface area (Å²) in [7, 11) is -3.20. The zero-order valence-electron chi connectivity index (χ0n) is 21.4. The number of aromatic hydroxyl groups is 1. The average Bonchev–Trinajstić information content (AvgIpc) is 2.84. The molecule has 0 saturated carbocycles. The lowest BCUT2D eigenvalue weighted by Crippen LogP contribution is -2.21. The van der Waals surface area contributed by atoms with Gasteiger partial charge in [0.25, 0.3) is 7.94 Å². The number of aromatic nitrogens is 1. The van der Waals surface area contributed by atoms with Crippen molar-refractivity contribution in [1.29, 1.82) is 0 Å². The van der Waals surface area contributed by atoms with E-state index in [0.29, 0.717) is 35.9 Å². The van der Waals surface area contributed by atoms with Gasteiger partial charge in [0.15, 0.2) is 6.35 Å². The molecule has 0 spiro atoms. The Bertz CT molecular complexity index is 1250. The maximum Gasteiger partial charge on any atom is 0.269 e. The summed E-state index contributed by atoms with van der Waals surface area (Å²) in [6.45, 7) is 10.6. The molecule has 0 amide bonds. The summed E-state index contributed by atoms with van der Waals surface area (Å²) in [5.41, 5.74) is 6.88. The van der Waals surface area contributed by atoms with Gasteiger partial charge in [-0.3, -0.25) is 4.98 Å². The summed E-state index contributed by atoms with van der Waals surface area (Å²) in [6, 6.07) is 13.1. The number of nitrogens with zero attached hydrogens (tertiary/aromatic N) is 1. The molecule has 0 bridgehead atoms. The van der Waals surface area contributed by atoms with Gasteiger partial charge in [0.05, 0.1) is 18.4 Å². The molecule has 1 aromatic heterocycles. The van der Waals surface area contributed by atoms with Crippen LogP contribution in [0.4, 0.5) is 0 Å². The van der Waals surface area contributed by atoms with Crippen LogP contribution in [0.5, 0.6) is 11.5 Å². The van der Waals surface area contributed by atoms with Gasteiger partial charge < -0.3 is 23.8 Å².